The number of carbonyl (C=O) groups excluding carboxylic acids is 3. The first-order chi connectivity index (χ1) is 28.1. The van der Waals surface area contributed by atoms with Gasteiger partial charge in [-0.25, -0.2) is 0 Å². The Hall–Kier alpha value is -3.50. The first-order valence-corrected chi connectivity index (χ1v) is 22.7. The molecule has 4 aliphatic carbocycles. The van der Waals surface area contributed by atoms with Crippen molar-refractivity contribution in [3.63, 3.8) is 0 Å². The lowest BCUT2D eigenvalue weighted by Gasteiger charge is -2.64. The number of aromatic nitrogens is 1. The van der Waals surface area contributed by atoms with Gasteiger partial charge < -0.3 is 24.1 Å². The lowest BCUT2D eigenvalue weighted by molar-refractivity contribution is -0.242. The molecule has 2 bridgehead atoms. The number of ether oxygens (including phenoxy) is 4. The Morgan fingerprint density at radius 1 is 0.915 bits per heavy atom. The second-order valence-corrected chi connectivity index (χ2v) is 20.1. The second kappa shape index (κ2) is 16.4. The third-order valence-corrected chi connectivity index (χ3v) is 17.1. The molecule has 7 aliphatic rings. The number of aryl methyl sites for hydroxylation is 1. The number of esters is 3. The molecular formula is C49H68N2O8. The van der Waals surface area contributed by atoms with Gasteiger partial charge in [0.05, 0.1) is 18.7 Å². The zero-order valence-electron chi connectivity index (χ0n) is 36.5. The molecule has 16 atom stereocenters. The molecule has 9 rings (SSSR count). The van der Waals surface area contributed by atoms with E-state index in [1.54, 1.807) is 7.11 Å². The fourth-order valence-corrected chi connectivity index (χ4v) is 14.4. The molecule has 1 unspecified atom stereocenters. The molecule has 2 aromatic rings. The maximum atomic E-state index is 12.9. The third kappa shape index (κ3) is 7.61. The number of fused-ring (bicyclic) bond motifs is 9. The van der Waals surface area contributed by atoms with Gasteiger partial charge in [0.25, 0.3) is 0 Å². The van der Waals surface area contributed by atoms with Crippen molar-refractivity contribution < 1.29 is 38.4 Å². The summed E-state index contributed by atoms with van der Waals surface area (Å²) in [5.74, 6) is 2.29. The normalized spacial score (nSPS) is 39.5. The van der Waals surface area contributed by atoms with Crippen molar-refractivity contribution in [2.24, 2.45) is 58.2 Å². The van der Waals surface area contributed by atoms with Crippen LogP contribution in [0.3, 0.4) is 0 Å². The number of nitrogens with zero attached hydrogens (tertiary/aromatic N) is 2. The maximum Gasteiger partial charge on any atom is 0.303 e. The molecule has 1 aromatic carbocycles. The van der Waals surface area contributed by atoms with Crippen LogP contribution in [0.4, 0.5) is 0 Å². The van der Waals surface area contributed by atoms with Crippen molar-refractivity contribution in [2.45, 2.75) is 143 Å². The summed E-state index contributed by atoms with van der Waals surface area (Å²) >= 11 is 0. The molecular weight excluding hydrogens is 745 g/mol. The molecule has 4 saturated carbocycles. The molecule has 10 nitrogen and oxygen atoms in total. The monoisotopic (exact) mass is 812 g/mol. The minimum Gasteiger partial charge on any atom is -0.497 e. The van der Waals surface area contributed by atoms with Crippen LogP contribution in [0, 0.1) is 58.2 Å². The van der Waals surface area contributed by atoms with Crippen molar-refractivity contribution in [1.82, 2.24) is 9.88 Å². The first-order valence-electron chi connectivity index (χ1n) is 22.7. The summed E-state index contributed by atoms with van der Waals surface area (Å²) in [6.07, 6.45) is 10.6. The van der Waals surface area contributed by atoms with Crippen molar-refractivity contribution in [1.29, 1.82) is 0 Å². The number of aliphatic hydroxyl groups excluding tert-OH is 1. The third-order valence-electron chi connectivity index (χ3n) is 17.1. The van der Waals surface area contributed by atoms with Crippen LogP contribution >= 0.6 is 0 Å². The van der Waals surface area contributed by atoms with Crippen LogP contribution < -0.4 is 4.74 Å². The largest absolute Gasteiger partial charge is 0.497 e. The number of methoxy groups -OCH3 is 1. The summed E-state index contributed by atoms with van der Waals surface area (Å²) < 4.78 is 23.9. The fraction of sp³-hybridized carbons (Fsp3) is 0.714. The number of benzene rings is 1. The average molecular weight is 813 g/mol. The van der Waals surface area contributed by atoms with Crippen molar-refractivity contribution in [3.05, 3.63) is 48.2 Å². The Morgan fingerprint density at radius 2 is 1.63 bits per heavy atom. The SMILES string of the molecule is C=C[C@H]1CN2CC[C@H]1C[C@H]2[C@H](O)c1cc(CC[C@@H](C)[C@H]2CC[C@H]3[C@@H]4[C@H](OC(C)=O)[C@H](OC(C)=O)[C@@H]5C[C@H](OC(C)=O)CC[C@]5(C)[C@H]4CC[C@]23C)nc2ccc(OC)cc12. The van der Waals surface area contributed by atoms with E-state index in [1.165, 1.54) is 20.8 Å². The predicted octanol–water partition coefficient (Wildman–Crippen LogP) is 8.42. The van der Waals surface area contributed by atoms with E-state index in [9.17, 15) is 19.5 Å². The van der Waals surface area contributed by atoms with Gasteiger partial charge in [0.2, 0.25) is 0 Å². The van der Waals surface area contributed by atoms with Gasteiger partial charge in [0.15, 0.2) is 0 Å². The zero-order valence-corrected chi connectivity index (χ0v) is 36.5. The van der Waals surface area contributed by atoms with E-state index in [4.69, 9.17) is 23.9 Å². The highest BCUT2D eigenvalue weighted by Gasteiger charge is 2.67. The predicted molar refractivity (Wildman–Crippen MR) is 225 cm³/mol. The number of hydrogen-bond donors (Lipinski definition) is 1. The number of hydrogen-bond acceptors (Lipinski definition) is 10. The van der Waals surface area contributed by atoms with Crippen LogP contribution in [-0.2, 0) is 35.0 Å². The molecule has 0 spiro atoms. The Morgan fingerprint density at radius 3 is 2.31 bits per heavy atom. The Balaban J connectivity index is 1.04. The van der Waals surface area contributed by atoms with Crippen LogP contribution in [0.15, 0.2) is 36.9 Å². The summed E-state index contributed by atoms with van der Waals surface area (Å²) in [4.78, 5) is 45.4. The van der Waals surface area contributed by atoms with Crippen LogP contribution in [0.2, 0.25) is 0 Å². The minimum absolute atomic E-state index is 0.0324. The van der Waals surface area contributed by atoms with Gasteiger partial charge in [-0.15, -0.1) is 6.58 Å². The van der Waals surface area contributed by atoms with Crippen molar-refractivity contribution in [3.8, 4) is 5.75 Å². The van der Waals surface area contributed by atoms with Crippen molar-refractivity contribution in [2.75, 3.05) is 20.2 Å². The van der Waals surface area contributed by atoms with Gasteiger partial charge in [-0.1, -0.05) is 26.8 Å². The Labute approximate surface area is 351 Å². The summed E-state index contributed by atoms with van der Waals surface area (Å²) in [7, 11) is 1.68. The minimum atomic E-state index is -0.628. The number of pyridine rings is 1. The van der Waals surface area contributed by atoms with Gasteiger partial charge in [-0.2, -0.15) is 0 Å². The molecule has 1 aromatic heterocycles. The highest BCUT2D eigenvalue weighted by atomic mass is 16.6. The van der Waals surface area contributed by atoms with Gasteiger partial charge in [0, 0.05) is 56.3 Å². The average Bonchev–Trinajstić information content (AvgIpc) is 3.57. The van der Waals surface area contributed by atoms with E-state index in [0.717, 1.165) is 105 Å². The summed E-state index contributed by atoms with van der Waals surface area (Å²) in [5.41, 5.74) is 2.74. The topological polar surface area (TPSA) is 124 Å². The first kappa shape index (κ1) is 42.2. The maximum absolute atomic E-state index is 12.9. The van der Waals surface area contributed by atoms with E-state index in [-0.39, 0.29) is 52.7 Å². The van der Waals surface area contributed by atoms with Crippen molar-refractivity contribution >= 4 is 28.8 Å². The molecule has 59 heavy (non-hydrogen) atoms. The molecule has 0 amide bonds. The molecule has 10 heteroatoms. The quantitative estimate of drug-likeness (QED) is 0.134. The smallest absolute Gasteiger partial charge is 0.303 e. The number of rotatable bonds is 11. The van der Waals surface area contributed by atoms with Gasteiger partial charge in [-0.05, 0) is 153 Å². The highest BCUT2D eigenvalue weighted by molar-refractivity contribution is 5.84. The van der Waals surface area contributed by atoms with E-state index >= 15 is 0 Å². The van der Waals surface area contributed by atoms with Gasteiger partial charge >= 0.3 is 17.9 Å². The lowest BCUT2D eigenvalue weighted by atomic mass is 9.43. The van der Waals surface area contributed by atoms with Crippen LogP contribution in [0.1, 0.15) is 123 Å². The van der Waals surface area contributed by atoms with Crippen LogP contribution in [-0.4, -0.2) is 77.5 Å². The molecule has 0 radical (unpaired) electrons. The molecule has 3 aliphatic heterocycles. The number of piperidine rings is 3. The Kier molecular flexibility index (Phi) is 11.7. The molecule has 1 N–H and O–H groups in total. The van der Waals surface area contributed by atoms with E-state index in [0.29, 0.717) is 41.9 Å². The van der Waals surface area contributed by atoms with E-state index in [2.05, 4.69) is 44.4 Å². The van der Waals surface area contributed by atoms with Crippen LogP contribution in [0.5, 0.6) is 5.75 Å². The highest BCUT2D eigenvalue weighted by Crippen LogP contribution is 2.69. The molecule has 7 fully saturated rings. The summed E-state index contributed by atoms with van der Waals surface area (Å²) in [6.45, 7) is 17.7. The number of aliphatic hydroxyl groups is 1. The molecule has 322 valence electrons. The Bertz CT molecular complexity index is 1930. The molecule has 4 heterocycles. The fourth-order valence-electron chi connectivity index (χ4n) is 14.4. The zero-order chi connectivity index (χ0) is 42.0. The lowest BCUT2D eigenvalue weighted by Crippen LogP contribution is -2.65. The summed E-state index contributed by atoms with van der Waals surface area (Å²) in [5, 5.41) is 13.1. The van der Waals surface area contributed by atoms with Gasteiger partial charge in [0.1, 0.15) is 24.1 Å². The van der Waals surface area contributed by atoms with E-state index < -0.39 is 18.3 Å². The van der Waals surface area contributed by atoms with Crippen LogP contribution in [0.25, 0.3) is 10.9 Å². The number of carbonyl (C=O) groups is 3. The molecule has 3 saturated heterocycles. The standard InChI is InChI=1S/C49H68N2O8/c1-9-31-26-51-21-18-32(31)22-43(51)45(55)37-23-33(50-42-15-12-34(56-8)24-36(37)42)11-10-27(2)38-13-14-39-44-40(17-20-48(38,39)6)49(7)19-16-35(57-28(3)52)25-41(49)46(58-29(4)53)47(44)59-30(5)54/h9,12,15,23-24,27,31-32,35,38-41,43-47,55H,1,10-11,13-14,16-22,25-26H2,2-8H3/t27-,31+,32+,35-,38-,39+,40+,41+,43+,44+,45-,46-,47+,48-,49-/m1/s1. The van der Waals surface area contributed by atoms with Gasteiger partial charge in [-0.3, -0.25) is 24.3 Å². The second-order valence-electron chi connectivity index (χ2n) is 20.1. The summed E-state index contributed by atoms with van der Waals surface area (Å²) in [6, 6.07) is 8.26. The van der Waals surface area contributed by atoms with E-state index in [1.807, 2.05) is 18.2 Å².